The maximum Gasteiger partial charge on any atom is 0.261 e. The molecule has 0 aliphatic rings. The molecule has 2 aromatic carbocycles. The average Bonchev–Trinajstić information content (AvgIpc) is 2.71. The number of methoxy groups -OCH3 is 1. The average molecular weight is 441 g/mol. The molecule has 0 aromatic heterocycles. The lowest BCUT2D eigenvalue weighted by Crippen LogP contribution is -2.54. The van der Waals surface area contributed by atoms with Crippen LogP contribution in [0.3, 0.4) is 0 Å². The molecule has 0 radical (unpaired) electrons. The van der Waals surface area contributed by atoms with Gasteiger partial charge in [-0.2, -0.15) is 0 Å². The van der Waals surface area contributed by atoms with Gasteiger partial charge in [0.15, 0.2) is 6.61 Å². The maximum absolute atomic E-state index is 13.3. The number of hydrogen-bond donors (Lipinski definition) is 1. The van der Waals surface area contributed by atoms with E-state index in [2.05, 4.69) is 5.32 Å². The standard InChI is InChI=1S/C26H36N2O4/c1-8-22(25(30)27-26(4,5)6)28(16-20-10-9-11-21(15-20)31-7)24(29)17-32-23-13-12-18(2)14-19(23)3/h9-15,22H,8,16-17H2,1-7H3,(H,27,30). The zero-order valence-corrected chi connectivity index (χ0v) is 20.3. The molecule has 2 rings (SSSR count). The molecule has 0 spiro atoms. The highest BCUT2D eigenvalue weighted by atomic mass is 16.5. The van der Waals surface area contributed by atoms with Crippen LogP contribution in [0.25, 0.3) is 0 Å². The van der Waals surface area contributed by atoms with Crippen molar-refractivity contribution in [3.8, 4) is 11.5 Å². The zero-order valence-electron chi connectivity index (χ0n) is 20.3. The molecule has 1 atom stereocenters. The summed E-state index contributed by atoms with van der Waals surface area (Å²) in [7, 11) is 1.60. The van der Waals surface area contributed by atoms with Gasteiger partial charge in [-0.15, -0.1) is 0 Å². The summed E-state index contributed by atoms with van der Waals surface area (Å²) in [4.78, 5) is 28.0. The Bertz CT molecular complexity index is 934. The number of aryl methyl sites for hydroxylation is 2. The molecule has 0 aliphatic carbocycles. The molecule has 1 unspecified atom stereocenters. The van der Waals surface area contributed by atoms with E-state index in [1.807, 2.05) is 84.0 Å². The highest BCUT2D eigenvalue weighted by molar-refractivity contribution is 5.88. The zero-order chi connectivity index (χ0) is 23.9. The fourth-order valence-corrected chi connectivity index (χ4v) is 3.52. The third-order valence-electron chi connectivity index (χ3n) is 5.05. The van der Waals surface area contributed by atoms with Crippen LogP contribution in [0.15, 0.2) is 42.5 Å². The monoisotopic (exact) mass is 440 g/mol. The largest absolute Gasteiger partial charge is 0.497 e. The van der Waals surface area contributed by atoms with Crippen molar-refractivity contribution >= 4 is 11.8 Å². The van der Waals surface area contributed by atoms with Gasteiger partial charge in [0.2, 0.25) is 5.91 Å². The van der Waals surface area contributed by atoms with Crippen molar-refractivity contribution in [1.82, 2.24) is 10.2 Å². The van der Waals surface area contributed by atoms with Crippen molar-refractivity contribution in [2.45, 2.75) is 66.1 Å². The maximum atomic E-state index is 13.3. The van der Waals surface area contributed by atoms with Gasteiger partial charge in [0.05, 0.1) is 7.11 Å². The number of nitrogens with zero attached hydrogens (tertiary/aromatic N) is 1. The summed E-state index contributed by atoms with van der Waals surface area (Å²) in [5.41, 5.74) is 2.58. The molecule has 0 heterocycles. The highest BCUT2D eigenvalue weighted by Gasteiger charge is 2.31. The molecule has 6 heteroatoms. The molecule has 0 fully saturated rings. The second-order valence-electron chi connectivity index (χ2n) is 9.09. The van der Waals surface area contributed by atoms with Crippen molar-refractivity contribution in [2.24, 2.45) is 0 Å². The molecule has 2 aromatic rings. The molecule has 174 valence electrons. The van der Waals surface area contributed by atoms with Gasteiger partial charge in [0.1, 0.15) is 17.5 Å². The van der Waals surface area contributed by atoms with Crippen LogP contribution in [0, 0.1) is 13.8 Å². The van der Waals surface area contributed by atoms with E-state index in [0.29, 0.717) is 17.9 Å². The van der Waals surface area contributed by atoms with Gasteiger partial charge in [-0.25, -0.2) is 0 Å². The predicted octanol–water partition coefficient (Wildman–Crippen LogP) is 4.41. The van der Waals surface area contributed by atoms with E-state index in [-0.39, 0.29) is 25.0 Å². The first-order valence-corrected chi connectivity index (χ1v) is 11.0. The number of nitrogens with one attached hydrogen (secondary N) is 1. The number of ether oxygens (including phenoxy) is 2. The predicted molar refractivity (Wildman–Crippen MR) is 127 cm³/mol. The summed E-state index contributed by atoms with van der Waals surface area (Å²) >= 11 is 0. The second-order valence-corrected chi connectivity index (χ2v) is 9.09. The summed E-state index contributed by atoms with van der Waals surface area (Å²) in [5.74, 6) is 0.942. The minimum Gasteiger partial charge on any atom is -0.497 e. The van der Waals surface area contributed by atoms with Crippen molar-refractivity contribution in [1.29, 1.82) is 0 Å². The summed E-state index contributed by atoms with van der Waals surface area (Å²) in [6.45, 7) is 11.8. The van der Waals surface area contributed by atoms with Crippen molar-refractivity contribution in [3.05, 3.63) is 59.2 Å². The number of benzene rings is 2. The van der Waals surface area contributed by atoms with Crippen molar-refractivity contribution in [2.75, 3.05) is 13.7 Å². The van der Waals surface area contributed by atoms with E-state index in [9.17, 15) is 9.59 Å². The third-order valence-corrected chi connectivity index (χ3v) is 5.05. The molecular weight excluding hydrogens is 404 g/mol. The Morgan fingerprint density at radius 1 is 1.09 bits per heavy atom. The Labute approximate surface area is 191 Å². The van der Waals surface area contributed by atoms with E-state index in [0.717, 1.165) is 16.7 Å². The van der Waals surface area contributed by atoms with E-state index >= 15 is 0 Å². The van der Waals surface area contributed by atoms with Crippen LogP contribution in [0.4, 0.5) is 0 Å². The molecule has 32 heavy (non-hydrogen) atoms. The first kappa shape index (κ1) is 25.2. The van der Waals surface area contributed by atoms with E-state index in [1.165, 1.54) is 0 Å². The number of carbonyl (C=O) groups is 2. The molecule has 2 amide bonds. The Kier molecular flexibility index (Phi) is 8.70. The van der Waals surface area contributed by atoms with Crippen molar-refractivity contribution < 1.29 is 19.1 Å². The molecule has 0 bridgehead atoms. The van der Waals surface area contributed by atoms with Crippen LogP contribution in [0.1, 0.15) is 50.8 Å². The van der Waals surface area contributed by atoms with Crippen LogP contribution in [-0.2, 0) is 16.1 Å². The van der Waals surface area contributed by atoms with E-state index < -0.39 is 11.6 Å². The molecule has 0 aliphatic heterocycles. The van der Waals surface area contributed by atoms with Crippen LogP contribution >= 0.6 is 0 Å². The van der Waals surface area contributed by atoms with Gasteiger partial charge in [0, 0.05) is 12.1 Å². The number of amides is 2. The van der Waals surface area contributed by atoms with Gasteiger partial charge in [-0.1, -0.05) is 36.8 Å². The van der Waals surface area contributed by atoms with Crippen molar-refractivity contribution in [3.63, 3.8) is 0 Å². The molecule has 1 N–H and O–H groups in total. The SMILES string of the molecule is CCC(C(=O)NC(C)(C)C)N(Cc1cccc(OC)c1)C(=O)COc1ccc(C)cc1C. The lowest BCUT2D eigenvalue weighted by molar-refractivity contribution is -0.143. The molecular formula is C26H36N2O4. The molecule has 0 saturated heterocycles. The lowest BCUT2D eigenvalue weighted by Gasteiger charge is -2.33. The fourth-order valence-electron chi connectivity index (χ4n) is 3.52. The Hall–Kier alpha value is -3.02. The summed E-state index contributed by atoms with van der Waals surface area (Å²) < 4.78 is 11.2. The van der Waals surface area contributed by atoms with Gasteiger partial charge in [-0.05, 0) is 70.4 Å². The smallest absolute Gasteiger partial charge is 0.261 e. The normalized spacial score (nSPS) is 12.1. The summed E-state index contributed by atoms with van der Waals surface area (Å²) in [5, 5.41) is 3.00. The van der Waals surface area contributed by atoms with Gasteiger partial charge in [-0.3, -0.25) is 9.59 Å². The van der Waals surface area contributed by atoms with E-state index in [4.69, 9.17) is 9.47 Å². The minimum atomic E-state index is -0.615. The number of hydrogen-bond acceptors (Lipinski definition) is 4. The van der Waals surface area contributed by atoms with Gasteiger partial charge >= 0.3 is 0 Å². The van der Waals surface area contributed by atoms with Crippen LogP contribution in [0.2, 0.25) is 0 Å². The molecule has 0 saturated carbocycles. The number of carbonyl (C=O) groups excluding carboxylic acids is 2. The first-order valence-electron chi connectivity index (χ1n) is 11.0. The number of rotatable bonds is 9. The topological polar surface area (TPSA) is 67.9 Å². The Morgan fingerprint density at radius 2 is 1.81 bits per heavy atom. The lowest BCUT2D eigenvalue weighted by atomic mass is 10.1. The Balaban J connectivity index is 2.28. The third kappa shape index (κ3) is 7.29. The summed E-state index contributed by atoms with van der Waals surface area (Å²) in [6, 6.07) is 12.7. The minimum absolute atomic E-state index is 0.146. The highest BCUT2D eigenvalue weighted by Crippen LogP contribution is 2.21. The second kappa shape index (κ2) is 11.0. The fraction of sp³-hybridized carbons (Fsp3) is 0.462. The first-order chi connectivity index (χ1) is 15.0. The summed E-state index contributed by atoms with van der Waals surface area (Å²) in [6.07, 6.45) is 0.487. The Morgan fingerprint density at radius 3 is 2.41 bits per heavy atom. The van der Waals surface area contributed by atoms with Crippen LogP contribution in [-0.4, -0.2) is 42.0 Å². The van der Waals surface area contributed by atoms with Gasteiger partial charge < -0.3 is 19.7 Å². The van der Waals surface area contributed by atoms with Crippen LogP contribution in [0.5, 0.6) is 11.5 Å². The van der Waals surface area contributed by atoms with E-state index in [1.54, 1.807) is 12.0 Å². The molecule has 6 nitrogen and oxygen atoms in total. The quantitative estimate of drug-likeness (QED) is 0.627. The van der Waals surface area contributed by atoms with Gasteiger partial charge in [0.25, 0.3) is 5.91 Å². The van der Waals surface area contributed by atoms with Crippen LogP contribution < -0.4 is 14.8 Å².